The molecule has 0 saturated heterocycles. The summed E-state index contributed by atoms with van der Waals surface area (Å²) in [6, 6.07) is 8.80. The zero-order valence-corrected chi connectivity index (χ0v) is 14.7. The van der Waals surface area contributed by atoms with E-state index in [9.17, 15) is 19.7 Å². The van der Waals surface area contributed by atoms with Gasteiger partial charge in [0.25, 0.3) is 5.69 Å². The first-order valence-corrected chi connectivity index (χ1v) is 7.85. The van der Waals surface area contributed by atoms with E-state index in [4.69, 9.17) is 16.3 Å². The van der Waals surface area contributed by atoms with Crippen LogP contribution in [0, 0.1) is 24.0 Å². The highest BCUT2D eigenvalue weighted by atomic mass is 35.5. The van der Waals surface area contributed by atoms with Gasteiger partial charge in [-0.1, -0.05) is 23.7 Å². The van der Waals surface area contributed by atoms with Gasteiger partial charge in [-0.3, -0.25) is 14.9 Å². The third-order valence-electron chi connectivity index (χ3n) is 3.82. The van der Waals surface area contributed by atoms with E-state index in [0.717, 1.165) is 17.2 Å². The molecule has 0 N–H and O–H groups in total. The van der Waals surface area contributed by atoms with Crippen LogP contribution in [0.4, 0.5) is 5.69 Å². The fourth-order valence-electron chi connectivity index (χ4n) is 2.19. The highest BCUT2D eigenvalue weighted by Gasteiger charge is 2.23. The standard InChI is InChI=1S/C18H16ClNO5/c1-10-4-5-13(8-11(10)2)17(21)12(3)25-18(22)14-6-7-15(19)16(9-14)20(23)24/h4-9,12H,1-3H3/t12-/m0/s1. The van der Waals surface area contributed by atoms with Crippen molar-refractivity contribution in [1.29, 1.82) is 0 Å². The zero-order valence-electron chi connectivity index (χ0n) is 13.9. The van der Waals surface area contributed by atoms with Crippen molar-refractivity contribution in [1.82, 2.24) is 0 Å². The van der Waals surface area contributed by atoms with Gasteiger partial charge in [-0.2, -0.15) is 0 Å². The molecule has 6 nitrogen and oxygen atoms in total. The number of carbonyl (C=O) groups is 2. The molecule has 0 aromatic heterocycles. The molecule has 2 aromatic carbocycles. The third kappa shape index (κ3) is 4.22. The van der Waals surface area contributed by atoms with E-state index in [1.165, 1.54) is 19.1 Å². The summed E-state index contributed by atoms with van der Waals surface area (Å²) < 4.78 is 5.14. The fraction of sp³-hybridized carbons (Fsp3) is 0.222. The van der Waals surface area contributed by atoms with E-state index in [1.54, 1.807) is 12.1 Å². The molecule has 2 rings (SSSR count). The number of rotatable bonds is 5. The molecule has 0 amide bonds. The fourth-order valence-corrected chi connectivity index (χ4v) is 2.38. The predicted octanol–water partition coefficient (Wildman–Crippen LogP) is 4.29. The number of nitro benzene ring substituents is 1. The van der Waals surface area contributed by atoms with Gasteiger partial charge in [0.15, 0.2) is 6.10 Å². The van der Waals surface area contributed by atoms with Crippen molar-refractivity contribution < 1.29 is 19.2 Å². The lowest BCUT2D eigenvalue weighted by molar-refractivity contribution is -0.384. The molecule has 0 saturated carbocycles. The van der Waals surface area contributed by atoms with E-state index in [0.29, 0.717) is 5.56 Å². The Kier molecular flexibility index (Phi) is 5.54. The molecule has 0 fully saturated rings. The molecule has 0 radical (unpaired) electrons. The van der Waals surface area contributed by atoms with Crippen molar-refractivity contribution in [2.75, 3.05) is 0 Å². The number of benzene rings is 2. The van der Waals surface area contributed by atoms with Crippen molar-refractivity contribution in [2.24, 2.45) is 0 Å². The minimum Gasteiger partial charge on any atom is -0.451 e. The molecular formula is C18H16ClNO5. The lowest BCUT2D eigenvalue weighted by Gasteiger charge is -2.13. The number of halogens is 1. The van der Waals surface area contributed by atoms with Crippen LogP contribution in [-0.4, -0.2) is 22.8 Å². The smallest absolute Gasteiger partial charge is 0.339 e. The van der Waals surface area contributed by atoms with E-state index >= 15 is 0 Å². The van der Waals surface area contributed by atoms with Gasteiger partial charge in [-0.05, 0) is 50.1 Å². The first-order valence-electron chi connectivity index (χ1n) is 7.47. The molecule has 7 heteroatoms. The summed E-state index contributed by atoms with van der Waals surface area (Å²) in [7, 11) is 0. The van der Waals surface area contributed by atoms with Gasteiger partial charge in [-0.15, -0.1) is 0 Å². The third-order valence-corrected chi connectivity index (χ3v) is 4.14. The Morgan fingerprint density at radius 3 is 2.32 bits per heavy atom. The summed E-state index contributed by atoms with van der Waals surface area (Å²) in [5.41, 5.74) is 2.00. The first-order chi connectivity index (χ1) is 11.7. The van der Waals surface area contributed by atoms with Crippen LogP contribution < -0.4 is 0 Å². The SMILES string of the molecule is Cc1ccc(C(=O)[C@H](C)OC(=O)c2ccc(Cl)c([N+](=O)[O-])c2)cc1C. The summed E-state index contributed by atoms with van der Waals surface area (Å²) in [5, 5.41) is 10.8. The highest BCUT2D eigenvalue weighted by Crippen LogP contribution is 2.25. The lowest BCUT2D eigenvalue weighted by Crippen LogP contribution is -2.24. The summed E-state index contributed by atoms with van der Waals surface area (Å²) in [6.07, 6.45) is -1.02. The van der Waals surface area contributed by atoms with E-state index in [2.05, 4.69) is 0 Å². The Balaban J connectivity index is 2.16. The van der Waals surface area contributed by atoms with Crippen LogP contribution in [0.5, 0.6) is 0 Å². The first kappa shape index (κ1) is 18.6. The normalized spacial score (nSPS) is 11.7. The molecule has 2 aromatic rings. The Morgan fingerprint density at radius 2 is 1.72 bits per heavy atom. The second-order valence-electron chi connectivity index (χ2n) is 5.63. The number of hydrogen-bond donors (Lipinski definition) is 0. The van der Waals surface area contributed by atoms with Crippen LogP contribution in [0.25, 0.3) is 0 Å². The van der Waals surface area contributed by atoms with Gasteiger partial charge in [0, 0.05) is 11.6 Å². The van der Waals surface area contributed by atoms with Gasteiger partial charge in [0.1, 0.15) is 5.02 Å². The Morgan fingerprint density at radius 1 is 1.08 bits per heavy atom. The van der Waals surface area contributed by atoms with Crippen LogP contribution in [0.1, 0.15) is 38.8 Å². The second-order valence-corrected chi connectivity index (χ2v) is 6.04. The van der Waals surface area contributed by atoms with Gasteiger partial charge in [0.2, 0.25) is 5.78 Å². The maximum absolute atomic E-state index is 12.4. The summed E-state index contributed by atoms with van der Waals surface area (Å²) in [6.45, 7) is 5.27. The number of carbonyl (C=O) groups excluding carboxylic acids is 2. The number of esters is 1. The molecule has 0 aliphatic carbocycles. The zero-order chi connectivity index (χ0) is 18.7. The number of nitrogens with zero attached hydrogens (tertiary/aromatic N) is 1. The minimum absolute atomic E-state index is 0.0455. The topological polar surface area (TPSA) is 86.5 Å². The highest BCUT2D eigenvalue weighted by molar-refractivity contribution is 6.32. The minimum atomic E-state index is -1.02. The largest absolute Gasteiger partial charge is 0.451 e. The number of hydrogen-bond acceptors (Lipinski definition) is 5. The van der Waals surface area contributed by atoms with Gasteiger partial charge >= 0.3 is 5.97 Å². The van der Waals surface area contributed by atoms with Crippen LogP contribution in [-0.2, 0) is 4.74 Å². The van der Waals surface area contributed by atoms with Crippen molar-refractivity contribution in [3.8, 4) is 0 Å². The lowest BCUT2D eigenvalue weighted by atomic mass is 10.0. The van der Waals surface area contributed by atoms with Crippen LogP contribution >= 0.6 is 11.6 Å². The van der Waals surface area contributed by atoms with Crippen molar-refractivity contribution in [2.45, 2.75) is 26.9 Å². The molecular weight excluding hydrogens is 346 g/mol. The van der Waals surface area contributed by atoms with Gasteiger partial charge < -0.3 is 4.74 Å². The quantitative estimate of drug-likeness (QED) is 0.343. The Labute approximate surface area is 149 Å². The van der Waals surface area contributed by atoms with Crippen molar-refractivity contribution >= 4 is 29.0 Å². The van der Waals surface area contributed by atoms with Crippen LogP contribution in [0.15, 0.2) is 36.4 Å². The number of nitro groups is 1. The molecule has 1 atom stereocenters. The molecule has 0 aliphatic heterocycles. The summed E-state index contributed by atoms with van der Waals surface area (Å²) in [5.74, 6) is -1.18. The average Bonchev–Trinajstić information content (AvgIpc) is 2.56. The van der Waals surface area contributed by atoms with Crippen LogP contribution in [0.2, 0.25) is 5.02 Å². The number of Topliss-reactive ketones (excluding diaryl/α,β-unsaturated/α-hetero) is 1. The molecule has 0 heterocycles. The van der Waals surface area contributed by atoms with Crippen LogP contribution in [0.3, 0.4) is 0 Å². The Hall–Kier alpha value is -2.73. The molecule has 0 unspecified atom stereocenters. The van der Waals surface area contributed by atoms with E-state index in [-0.39, 0.29) is 16.4 Å². The molecule has 130 valence electrons. The maximum Gasteiger partial charge on any atom is 0.339 e. The van der Waals surface area contributed by atoms with Gasteiger partial charge in [-0.25, -0.2) is 4.79 Å². The Bertz CT molecular complexity index is 863. The average molecular weight is 362 g/mol. The number of ketones is 1. The number of ether oxygens (including phenoxy) is 1. The van der Waals surface area contributed by atoms with Gasteiger partial charge in [0.05, 0.1) is 10.5 Å². The maximum atomic E-state index is 12.4. The van der Waals surface area contributed by atoms with E-state index < -0.39 is 22.7 Å². The molecule has 0 spiro atoms. The van der Waals surface area contributed by atoms with Crippen molar-refractivity contribution in [3.63, 3.8) is 0 Å². The summed E-state index contributed by atoms with van der Waals surface area (Å²) >= 11 is 5.71. The summed E-state index contributed by atoms with van der Waals surface area (Å²) in [4.78, 5) is 34.8. The number of aryl methyl sites for hydroxylation is 2. The molecule has 0 bridgehead atoms. The second kappa shape index (κ2) is 7.44. The molecule has 0 aliphatic rings. The van der Waals surface area contributed by atoms with E-state index in [1.807, 2.05) is 19.9 Å². The molecule has 25 heavy (non-hydrogen) atoms. The monoisotopic (exact) mass is 361 g/mol. The predicted molar refractivity (Wildman–Crippen MR) is 93.2 cm³/mol. The van der Waals surface area contributed by atoms with Crippen molar-refractivity contribution in [3.05, 3.63) is 73.8 Å².